The Morgan fingerprint density at radius 1 is 1.32 bits per heavy atom. The van der Waals surface area contributed by atoms with Crippen molar-refractivity contribution in [3.05, 3.63) is 64.2 Å². The highest BCUT2D eigenvalue weighted by Crippen LogP contribution is 2.30. The lowest BCUT2D eigenvalue weighted by Crippen LogP contribution is -2.44. The number of methoxy groups -OCH3 is 1. The quantitative estimate of drug-likeness (QED) is 0.345. The van der Waals surface area contributed by atoms with Gasteiger partial charge in [0.2, 0.25) is 0 Å². The molecule has 0 spiro atoms. The van der Waals surface area contributed by atoms with Gasteiger partial charge in [-0.3, -0.25) is 15.1 Å². The Morgan fingerprint density at radius 2 is 2.14 bits per heavy atom. The number of nitrogens with zero attached hydrogens (tertiary/aromatic N) is 3. The standard InChI is InChI=1S/C20H25N5O3/c1-21-20(22-13-15-6-5-7-17(12-15)25(26)27)23-16-10-11-24(14-16)18-8-3-4-9-19(18)28-2/h3-9,12,16H,10-11,13-14H2,1-2H3,(H2,21,22,23). The Hall–Kier alpha value is -3.29. The number of hydrogen-bond donors (Lipinski definition) is 2. The van der Waals surface area contributed by atoms with E-state index in [0.29, 0.717) is 12.5 Å². The maximum atomic E-state index is 10.9. The van der Waals surface area contributed by atoms with E-state index in [1.165, 1.54) is 6.07 Å². The lowest BCUT2D eigenvalue weighted by atomic mass is 10.2. The van der Waals surface area contributed by atoms with Crippen LogP contribution in [0.2, 0.25) is 0 Å². The predicted molar refractivity (Wildman–Crippen MR) is 110 cm³/mol. The number of ether oxygens (including phenoxy) is 1. The minimum atomic E-state index is -0.387. The van der Waals surface area contributed by atoms with Gasteiger partial charge in [0.25, 0.3) is 5.69 Å². The molecule has 1 aliphatic rings. The average Bonchev–Trinajstić information content (AvgIpc) is 3.19. The highest BCUT2D eigenvalue weighted by Gasteiger charge is 2.25. The summed E-state index contributed by atoms with van der Waals surface area (Å²) in [6.07, 6.45) is 0.982. The maximum Gasteiger partial charge on any atom is 0.269 e. The fraction of sp³-hybridized carbons (Fsp3) is 0.350. The van der Waals surface area contributed by atoms with Crippen molar-refractivity contribution in [2.24, 2.45) is 4.99 Å². The molecule has 2 aromatic rings. The molecule has 2 N–H and O–H groups in total. The van der Waals surface area contributed by atoms with Crippen molar-refractivity contribution in [3.8, 4) is 5.75 Å². The summed E-state index contributed by atoms with van der Waals surface area (Å²) in [5.41, 5.74) is 2.01. The third-order valence-corrected chi connectivity index (χ3v) is 4.76. The zero-order valence-corrected chi connectivity index (χ0v) is 16.1. The molecule has 1 saturated heterocycles. The minimum Gasteiger partial charge on any atom is -0.495 e. The van der Waals surface area contributed by atoms with Gasteiger partial charge in [-0.2, -0.15) is 0 Å². The number of aliphatic imine (C=N–C) groups is 1. The SMILES string of the molecule is CN=C(NCc1cccc([N+](=O)[O-])c1)NC1CCN(c2ccccc2OC)C1. The lowest BCUT2D eigenvalue weighted by molar-refractivity contribution is -0.384. The first-order valence-electron chi connectivity index (χ1n) is 9.19. The fourth-order valence-electron chi connectivity index (χ4n) is 3.34. The van der Waals surface area contributed by atoms with Gasteiger partial charge in [-0.15, -0.1) is 0 Å². The van der Waals surface area contributed by atoms with Crippen molar-refractivity contribution in [3.63, 3.8) is 0 Å². The molecule has 1 heterocycles. The van der Waals surface area contributed by atoms with Crippen LogP contribution in [-0.2, 0) is 6.54 Å². The topological polar surface area (TPSA) is 92.0 Å². The fourth-order valence-corrected chi connectivity index (χ4v) is 3.34. The molecule has 0 bridgehead atoms. The molecular formula is C20H25N5O3. The molecule has 148 valence electrons. The monoisotopic (exact) mass is 383 g/mol. The Morgan fingerprint density at radius 3 is 2.89 bits per heavy atom. The molecule has 8 heteroatoms. The van der Waals surface area contributed by atoms with E-state index in [1.807, 2.05) is 24.3 Å². The molecule has 28 heavy (non-hydrogen) atoms. The van der Waals surface area contributed by atoms with Crippen LogP contribution in [0.5, 0.6) is 5.75 Å². The van der Waals surface area contributed by atoms with E-state index in [2.05, 4.69) is 26.6 Å². The predicted octanol–water partition coefficient (Wildman–Crippen LogP) is 2.55. The summed E-state index contributed by atoms with van der Waals surface area (Å²) in [7, 11) is 3.40. The molecule has 1 atom stereocenters. The first-order chi connectivity index (χ1) is 13.6. The van der Waals surface area contributed by atoms with Gasteiger partial charge in [0.1, 0.15) is 5.75 Å². The highest BCUT2D eigenvalue weighted by atomic mass is 16.6. The van der Waals surface area contributed by atoms with Crippen molar-refractivity contribution in [1.82, 2.24) is 10.6 Å². The largest absolute Gasteiger partial charge is 0.495 e. The van der Waals surface area contributed by atoms with Gasteiger partial charge >= 0.3 is 0 Å². The molecule has 0 aromatic heterocycles. The van der Waals surface area contributed by atoms with Gasteiger partial charge < -0.3 is 20.3 Å². The Kier molecular flexibility index (Phi) is 6.31. The van der Waals surface area contributed by atoms with E-state index < -0.39 is 0 Å². The lowest BCUT2D eigenvalue weighted by Gasteiger charge is -2.22. The van der Waals surface area contributed by atoms with Crippen LogP contribution in [0.3, 0.4) is 0 Å². The van der Waals surface area contributed by atoms with Crippen molar-refractivity contribution in [1.29, 1.82) is 0 Å². The van der Waals surface area contributed by atoms with Crippen molar-refractivity contribution in [2.45, 2.75) is 19.0 Å². The number of nitrogens with one attached hydrogen (secondary N) is 2. The maximum absolute atomic E-state index is 10.9. The summed E-state index contributed by atoms with van der Waals surface area (Å²) in [5, 5.41) is 17.6. The number of nitro benzene ring substituents is 1. The number of hydrogen-bond acceptors (Lipinski definition) is 5. The van der Waals surface area contributed by atoms with Gasteiger partial charge in [0, 0.05) is 44.9 Å². The molecule has 3 rings (SSSR count). The van der Waals surface area contributed by atoms with E-state index in [0.717, 1.165) is 36.5 Å². The molecule has 1 aliphatic heterocycles. The van der Waals surface area contributed by atoms with Crippen LogP contribution < -0.4 is 20.3 Å². The van der Waals surface area contributed by atoms with Gasteiger partial charge in [-0.1, -0.05) is 24.3 Å². The van der Waals surface area contributed by atoms with E-state index in [1.54, 1.807) is 26.3 Å². The molecule has 2 aromatic carbocycles. The van der Waals surface area contributed by atoms with Crippen molar-refractivity contribution < 1.29 is 9.66 Å². The molecule has 0 saturated carbocycles. The number of para-hydroxylation sites is 2. The second kappa shape index (κ2) is 9.07. The Labute approximate surface area is 164 Å². The van der Waals surface area contributed by atoms with Gasteiger partial charge in [-0.25, -0.2) is 0 Å². The van der Waals surface area contributed by atoms with Gasteiger partial charge in [0.05, 0.1) is 17.7 Å². The molecule has 0 amide bonds. The third kappa shape index (κ3) is 4.70. The molecule has 1 unspecified atom stereocenters. The van der Waals surface area contributed by atoms with Gasteiger partial charge in [-0.05, 0) is 24.1 Å². The number of rotatable bonds is 6. The van der Waals surface area contributed by atoms with Crippen LogP contribution in [0, 0.1) is 10.1 Å². The second-order valence-corrected chi connectivity index (χ2v) is 6.60. The number of nitro groups is 1. The summed E-state index contributed by atoms with van der Waals surface area (Å²) in [6.45, 7) is 2.24. The van der Waals surface area contributed by atoms with Crippen LogP contribution in [0.4, 0.5) is 11.4 Å². The molecule has 8 nitrogen and oxygen atoms in total. The molecule has 1 fully saturated rings. The molecular weight excluding hydrogens is 358 g/mol. The first-order valence-corrected chi connectivity index (χ1v) is 9.19. The van der Waals surface area contributed by atoms with Crippen molar-refractivity contribution >= 4 is 17.3 Å². The zero-order chi connectivity index (χ0) is 19.9. The second-order valence-electron chi connectivity index (χ2n) is 6.60. The number of benzene rings is 2. The summed E-state index contributed by atoms with van der Waals surface area (Å²) >= 11 is 0. The van der Waals surface area contributed by atoms with Crippen LogP contribution in [-0.4, -0.2) is 44.2 Å². The van der Waals surface area contributed by atoms with E-state index in [-0.39, 0.29) is 16.7 Å². The van der Waals surface area contributed by atoms with E-state index in [4.69, 9.17) is 4.74 Å². The van der Waals surface area contributed by atoms with E-state index in [9.17, 15) is 10.1 Å². The summed E-state index contributed by atoms with van der Waals surface area (Å²) in [4.78, 5) is 17.1. The highest BCUT2D eigenvalue weighted by molar-refractivity contribution is 5.80. The Bertz CT molecular complexity index is 855. The molecule has 0 aliphatic carbocycles. The zero-order valence-electron chi connectivity index (χ0n) is 16.1. The number of non-ortho nitro benzene ring substituents is 1. The van der Waals surface area contributed by atoms with Crippen LogP contribution >= 0.6 is 0 Å². The number of anilines is 1. The summed E-state index contributed by atoms with van der Waals surface area (Å²) in [5.74, 6) is 1.55. The van der Waals surface area contributed by atoms with Crippen molar-refractivity contribution in [2.75, 3.05) is 32.1 Å². The summed E-state index contributed by atoms with van der Waals surface area (Å²) < 4.78 is 5.46. The average molecular weight is 383 g/mol. The summed E-state index contributed by atoms with van der Waals surface area (Å²) in [6, 6.07) is 14.9. The van der Waals surface area contributed by atoms with E-state index >= 15 is 0 Å². The first kappa shape index (κ1) is 19.5. The normalized spacial score (nSPS) is 16.7. The number of guanidine groups is 1. The van der Waals surface area contributed by atoms with Gasteiger partial charge in [0.15, 0.2) is 5.96 Å². The molecule has 0 radical (unpaired) electrons. The minimum absolute atomic E-state index is 0.0884. The van der Waals surface area contributed by atoms with Crippen LogP contribution in [0.1, 0.15) is 12.0 Å². The van der Waals surface area contributed by atoms with Crippen LogP contribution in [0.15, 0.2) is 53.5 Å². The smallest absolute Gasteiger partial charge is 0.269 e. The van der Waals surface area contributed by atoms with Crippen LogP contribution in [0.25, 0.3) is 0 Å². The Balaban J connectivity index is 1.56. The third-order valence-electron chi connectivity index (χ3n) is 4.76.